The van der Waals surface area contributed by atoms with Crippen molar-refractivity contribution in [3.05, 3.63) is 0 Å². The Bertz CT molecular complexity index is 217. The highest BCUT2D eigenvalue weighted by molar-refractivity contribution is 5.86. The molecular formula is C17H42Cl4N4. The maximum atomic E-state index is 3.62. The van der Waals surface area contributed by atoms with Crippen molar-refractivity contribution in [2.45, 2.75) is 46.0 Å². The quantitative estimate of drug-likeness (QED) is 0.276. The van der Waals surface area contributed by atoms with Crippen molar-refractivity contribution < 1.29 is 0 Å². The lowest BCUT2D eigenvalue weighted by Gasteiger charge is -2.06. The molecule has 1 aliphatic carbocycles. The normalized spacial score (nSPS) is 17.5. The van der Waals surface area contributed by atoms with Crippen LogP contribution in [0.1, 0.15) is 46.0 Å². The van der Waals surface area contributed by atoms with Crippen molar-refractivity contribution in [2.24, 2.45) is 11.8 Å². The molecule has 0 aromatic carbocycles. The number of nitrogens with one attached hydrogen (secondary N) is 4. The van der Waals surface area contributed by atoms with Gasteiger partial charge in [-0.25, -0.2) is 0 Å². The second kappa shape index (κ2) is 25.0. The van der Waals surface area contributed by atoms with Crippen LogP contribution in [0.4, 0.5) is 0 Å². The lowest BCUT2D eigenvalue weighted by Crippen LogP contribution is -2.23. The minimum absolute atomic E-state index is 0. The maximum Gasteiger partial charge on any atom is -0.00173 e. The summed E-state index contributed by atoms with van der Waals surface area (Å²) in [5.41, 5.74) is 0. The summed E-state index contributed by atoms with van der Waals surface area (Å²) in [7, 11) is 0. The van der Waals surface area contributed by atoms with Gasteiger partial charge in [-0.3, -0.25) is 0 Å². The minimum atomic E-state index is 0. The molecule has 0 heterocycles. The van der Waals surface area contributed by atoms with E-state index in [1.807, 2.05) is 0 Å². The molecule has 0 bridgehead atoms. The van der Waals surface area contributed by atoms with E-state index in [9.17, 15) is 0 Å². The fourth-order valence-electron chi connectivity index (χ4n) is 2.74. The lowest BCUT2D eigenvalue weighted by molar-refractivity contribution is 0.531. The van der Waals surface area contributed by atoms with E-state index in [2.05, 4.69) is 35.1 Å². The number of unbranched alkanes of at least 4 members (excludes halogenated alkanes) is 2. The molecule has 1 fully saturated rings. The van der Waals surface area contributed by atoms with E-state index in [0.29, 0.717) is 0 Å². The molecule has 1 saturated carbocycles. The average molecular weight is 444 g/mol. The van der Waals surface area contributed by atoms with Crippen LogP contribution in [0, 0.1) is 11.8 Å². The third-order valence-electron chi connectivity index (χ3n) is 4.30. The molecule has 8 heteroatoms. The van der Waals surface area contributed by atoms with Crippen molar-refractivity contribution in [2.75, 3.05) is 52.4 Å². The first-order chi connectivity index (χ1) is 10.4. The Morgan fingerprint density at radius 2 is 0.880 bits per heavy atom. The number of halogens is 4. The SMILES string of the molecule is CCNCCCCNCC1C[C@H]1CNCCCCNCC.Cl.Cl.Cl.Cl. The summed E-state index contributed by atoms with van der Waals surface area (Å²) in [4.78, 5) is 0. The van der Waals surface area contributed by atoms with Crippen LogP contribution in [-0.2, 0) is 0 Å². The van der Waals surface area contributed by atoms with Gasteiger partial charge >= 0.3 is 0 Å². The summed E-state index contributed by atoms with van der Waals surface area (Å²) in [6.07, 6.45) is 6.62. The summed E-state index contributed by atoms with van der Waals surface area (Å²) < 4.78 is 0. The van der Waals surface area contributed by atoms with Gasteiger partial charge in [-0.15, -0.1) is 49.6 Å². The zero-order valence-electron chi connectivity index (χ0n) is 16.0. The van der Waals surface area contributed by atoms with E-state index in [1.54, 1.807) is 0 Å². The van der Waals surface area contributed by atoms with Crippen molar-refractivity contribution >= 4 is 49.6 Å². The molecule has 1 rings (SSSR count). The molecule has 158 valence electrons. The fraction of sp³-hybridized carbons (Fsp3) is 1.00. The Kier molecular flexibility index (Phi) is 33.6. The van der Waals surface area contributed by atoms with Gasteiger partial charge in [0, 0.05) is 0 Å². The Hall–Kier alpha value is 1.00. The molecule has 1 aliphatic rings. The zero-order chi connectivity index (χ0) is 15.2. The molecule has 0 aromatic rings. The van der Waals surface area contributed by atoms with Gasteiger partial charge in [0.1, 0.15) is 0 Å². The highest BCUT2D eigenvalue weighted by Crippen LogP contribution is 2.36. The third kappa shape index (κ3) is 21.2. The molecule has 0 aromatic heterocycles. The van der Waals surface area contributed by atoms with Gasteiger partial charge in [-0.1, -0.05) is 13.8 Å². The molecule has 0 spiro atoms. The second-order valence-corrected chi connectivity index (χ2v) is 6.29. The maximum absolute atomic E-state index is 3.62. The van der Waals surface area contributed by atoms with Gasteiger partial charge in [0.2, 0.25) is 0 Å². The molecule has 1 unspecified atom stereocenters. The largest absolute Gasteiger partial charge is 0.317 e. The number of rotatable bonds is 16. The van der Waals surface area contributed by atoms with Gasteiger partial charge in [0.05, 0.1) is 0 Å². The number of hydrogen-bond donors (Lipinski definition) is 4. The van der Waals surface area contributed by atoms with Crippen LogP contribution in [0.2, 0.25) is 0 Å². The predicted molar refractivity (Wildman–Crippen MR) is 122 cm³/mol. The topological polar surface area (TPSA) is 48.1 Å². The van der Waals surface area contributed by atoms with Crippen molar-refractivity contribution in [3.8, 4) is 0 Å². The van der Waals surface area contributed by atoms with E-state index in [0.717, 1.165) is 24.9 Å². The van der Waals surface area contributed by atoms with Crippen molar-refractivity contribution in [3.63, 3.8) is 0 Å². The first-order valence-electron chi connectivity index (χ1n) is 9.21. The summed E-state index contributed by atoms with van der Waals surface area (Å²) in [5.74, 6) is 1.88. The second-order valence-electron chi connectivity index (χ2n) is 6.29. The zero-order valence-corrected chi connectivity index (χ0v) is 19.2. The van der Waals surface area contributed by atoms with Crippen molar-refractivity contribution in [1.82, 2.24) is 21.3 Å². The van der Waals surface area contributed by atoms with E-state index >= 15 is 0 Å². The smallest absolute Gasteiger partial charge is 0.00173 e. The average Bonchev–Trinajstić information content (AvgIpc) is 3.24. The van der Waals surface area contributed by atoms with E-state index < -0.39 is 0 Å². The number of hydrogen-bond acceptors (Lipinski definition) is 4. The molecule has 2 atom stereocenters. The Morgan fingerprint density at radius 1 is 0.560 bits per heavy atom. The van der Waals surface area contributed by atoms with Crippen LogP contribution in [0.5, 0.6) is 0 Å². The van der Waals surface area contributed by atoms with Gasteiger partial charge < -0.3 is 21.3 Å². The van der Waals surface area contributed by atoms with Gasteiger partial charge in [0.25, 0.3) is 0 Å². The molecule has 0 saturated heterocycles. The van der Waals surface area contributed by atoms with Gasteiger partial charge in [-0.2, -0.15) is 0 Å². The highest BCUT2D eigenvalue weighted by atomic mass is 35.5. The Balaban J connectivity index is -0.000000551. The molecular weight excluding hydrogens is 402 g/mol. The standard InChI is InChI=1S/C17H38N4.4ClH/c1-3-18-9-5-7-11-20-14-16-13-17(16)15-21-12-8-6-10-19-4-2;;;;/h16-21H,3-15H2,1-2H3;4*1H/t16-,17?;;;;/m0..../s1. The predicted octanol–water partition coefficient (Wildman–Crippen LogP) is 3.27. The van der Waals surface area contributed by atoms with Crippen LogP contribution < -0.4 is 21.3 Å². The first-order valence-corrected chi connectivity index (χ1v) is 9.21. The molecule has 4 nitrogen and oxygen atoms in total. The summed E-state index contributed by atoms with van der Waals surface area (Å²) in [6.45, 7) is 13.7. The van der Waals surface area contributed by atoms with Crippen molar-refractivity contribution in [1.29, 1.82) is 0 Å². The molecule has 0 radical (unpaired) electrons. The van der Waals surface area contributed by atoms with Gasteiger partial charge in [0.15, 0.2) is 0 Å². The van der Waals surface area contributed by atoms with Crippen LogP contribution in [0.25, 0.3) is 0 Å². The van der Waals surface area contributed by atoms with E-state index in [4.69, 9.17) is 0 Å². The monoisotopic (exact) mass is 442 g/mol. The van der Waals surface area contributed by atoms with Crippen LogP contribution >= 0.6 is 49.6 Å². The Morgan fingerprint density at radius 3 is 1.20 bits per heavy atom. The molecule has 0 amide bonds. The Labute approximate surface area is 180 Å². The molecule has 4 N–H and O–H groups in total. The summed E-state index contributed by atoms with van der Waals surface area (Å²) in [5, 5.41) is 14.0. The lowest BCUT2D eigenvalue weighted by atomic mass is 10.2. The van der Waals surface area contributed by atoms with Crippen LogP contribution in [0.3, 0.4) is 0 Å². The summed E-state index contributed by atoms with van der Waals surface area (Å²) >= 11 is 0. The van der Waals surface area contributed by atoms with Gasteiger partial charge in [-0.05, 0) is 96.3 Å². The minimum Gasteiger partial charge on any atom is -0.317 e. The summed E-state index contributed by atoms with van der Waals surface area (Å²) in [6, 6.07) is 0. The third-order valence-corrected chi connectivity index (χ3v) is 4.30. The van der Waals surface area contributed by atoms with E-state index in [-0.39, 0.29) is 49.6 Å². The molecule has 25 heavy (non-hydrogen) atoms. The van der Waals surface area contributed by atoms with Crippen LogP contribution in [0.15, 0.2) is 0 Å². The van der Waals surface area contributed by atoms with Crippen LogP contribution in [-0.4, -0.2) is 52.4 Å². The first kappa shape index (κ1) is 33.6. The molecule has 0 aliphatic heterocycles. The fourth-order valence-corrected chi connectivity index (χ4v) is 2.74. The highest BCUT2D eigenvalue weighted by Gasteiger charge is 2.35. The van der Waals surface area contributed by atoms with E-state index in [1.165, 1.54) is 71.4 Å².